The molecule has 2 aromatic rings. The van der Waals surface area contributed by atoms with Crippen LogP contribution in [-0.4, -0.2) is 34.7 Å². The van der Waals surface area contributed by atoms with Gasteiger partial charge in [-0.3, -0.25) is 0 Å². The zero-order chi connectivity index (χ0) is 14.9. The SMILES string of the molecule is CCOc1ccc2c(c1)n(O)c(C(=O)OC)c(O)[n+]2=O. The van der Waals surface area contributed by atoms with E-state index in [4.69, 9.17) is 4.74 Å². The third-order valence-electron chi connectivity index (χ3n) is 2.70. The zero-order valence-corrected chi connectivity index (χ0v) is 10.9. The predicted octanol–water partition coefficient (Wildman–Crippen LogP) is 0.684. The number of methoxy groups -OCH3 is 1. The minimum atomic E-state index is -1.04. The zero-order valence-electron chi connectivity index (χ0n) is 10.9. The minimum Gasteiger partial charge on any atom is -0.494 e. The number of hydrogen-bond acceptors (Lipinski definition) is 6. The van der Waals surface area contributed by atoms with Crippen LogP contribution in [0.4, 0.5) is 0 Å². The lowest BCUT2D eigenvalue weighted by Gasteiger charge is -2.07. The molecule has 2 N–H and O–H groups in total. The molecule has 8 heteroatoms. The van der Waals surface area contributed by atoms with Gasteiger partial charge in [-0.2, -0.15) is 4.73 Å². The molecule has 0 aliphatic rings. The fourth-order valence-electron chi connectivity index (χ4n) is 1.80. The molecule has 8 nitrogen and oxygen atoms in total. The summed E-state index contributed by atoms with van der Waals surface area (Å²) < 4.78 is 10.2. The molecule has 1 heterocycles. The third kappa shape index (κ3) is 2.00. The van der Waals surface area contributed by atoms with Crippen LogP contribution in [0.5, 0.6) is 11.6 Å². The molecule has 0 radical (unpaired) electrons. The Hall–Kier alpha value is -2.77. The van der Waals surface area contributed by atoms with Crippen molar-refractivity contribution >= 4 is 17.0 Å². The van der Waals surface area contributed by atoms with Crippen molar-refractivity contribution in [2.75, 3.05) is 13.7 Å². The van der Waals surface area contributed by atoms with Crippen molar-refractivity contribution in [2.45, 2.75) is 6.92 Å². The van der Waals surface area contributed by atoms with Gasteiger partial charge < -0.3 is 19.8 Å². The second-order valence-corrected chi connectivity index (χ2v) is 3.85. The van der Waals surface area contributed by atoms with Gasteiger partial charge in [-0.25, -0.2) is 4.79 Å². The fraction of sp³-hybridized carbons (Fsp3) is 0.250. The lowest BCUT2D eigenvalue weighted by Crippen LogP contribution is -2.25. The molecule has 0 bridgehead atoms. The average molecular weight is 281 g/mol. The van der Waals surface area contributed by atoms with Crippen molar-refractivity contribution in [3.05, 3.63) is 28.8 Å². The first-order chi connectivity index (χ1) is 9.51. The quantitative estimate of drug-likeness (QED) is 0.487. The second-order valence-electron chi connectivity index (χ2n) is 3.85. The number of rotatable bonds is 3. The van der Waals surface area contributed by atoms with Crippen LogP contribution in [0.25, 0.3) is 11.0 Å². The van der Waals surface area contributed by atoms with Crippen molar-refractivity contribution in [3.63, 3.8) is 0 Å². The highest BCUT2D eigenvalue weighted by Gasteiger charge is 2.30. The average Bonchev–Trinajstić information content (AvgIpc) is 2.45. The van der Waals surface area contributed by atoms with E-state index in [9.17, 15) is 20.0 Å². The summed E-state index contributed by atoms with van der Waals surface area (Å²) in [6, 6.07) is 4.25. The molecule has 0 aliphatic heterocycles. The molecular weight excluding hydrogens is 268 g/mol. The molecule has 106 valence electrons. The highest BCUT2D eigenvalue weighted by molar-refractivity contribution is 5.91. The Morgan fingerprint density at radius 3 is 2.75 bits per heavy atom. The van der Waals surface area contributed by atoms with Gasteiger partial charge in [0.15, 0.2) is 5.52 Å². The highest BCUT2D eigenvalue weighted by atomic mass is 16.5. The molecule has 1 aromatic carbocycles. The summed E-state index contributed by atoms with van der Waals surface area (Å²) >= 11 is 0. The van der Waals surface area contributed by atoms with Gasteiger partial charge >= 0.3 is 11.8 Å². The number of carbonyl (C=O) groups excluding carboxylic acids is 1. The highest BCUT2D eigenvalue weighted by Crippen LogP contribution is 2.22. The first-order valence-electron chi connectivity index (χ1n) is 5.76. The first-order valence-corrected chi connectivity index (χ1v) is 5.76. The van der Waals surface area contributed by atoms with Crippen LogP contribution in [0, 0.1) is 4.91 Å². The van der Waals surface area contributed by atoms with Crippen LogP contribution in [0.3, 0.4) is 0 Å². The predicted molar refractivity (Wildman–Crippen MR) is 66.7 cm³/mol. The van der Waals surface area contributed by atoms with Gasteiger partial charge in [0.25, 0.3) is 11.2 Å². The summed E-state index contributed by atoms with van der Waals surface area (Å²) in [6.45, 7) is 2.18. The van der Waals surface area contributed by atoms with Crippen molar-refractivity contribution in [2.24, 2.45) is 0 Å². The lowest BCUT2D eigenvalue weighted by molar-refractivity contribution is -0.478. The van der Waals surface area contributed by atoms with E-state index in [2.05, 4.69) is 4.74 Å². The molecule has 0 unspecified atom stereocenters. The summed E-state index contributed by atoms with van der Waals surface area (Å²) in [5.41, 5.74) is -0.686. The Morgan fingerprint density at radius 1 is 1.45 bits per heavy atom. The molecule has 2 rings (SSSR count). The van der Waals surface area contributed by atoms with Gasteiger partial charge in [0.05, 0.1) is 13.7 Å². The van der Waals surface area contributed by atoms with Crippen molar-refractivity contribution < 1.29 is 29.0 Å². The van der Waals surface area contributed by atoms with E-state index in [1.165, 1.54) is 18.2 Å². The normalized spacial score (nSPS) is 10.5. The minimum absolute atomic E-state index is 0.00384. The summed E-state index contributed by atoms with van der Waals surface area (Å²) in [4.78, 5) is 23.4. The largest absolute Gasteiger partial charge is 0.494 e. The van der Waals surface area contributed by atoms with Gasteiger partial charge in [-0.05, 0) is 13.0 Å². The number of fused-ring (bicyclic) bond motifs is 1. The van der Waals surface area contributed by atoms with Crippen LogP contribution in [0.15, 0.2) is 18.2 Å². The maximum absolute atomic E-state index is 11.9. The standard InChI is InChI=1S/C12H12N2O6/c1-3-20-7-4-5-8-9(6-7)13(17)10(12(16)19-2)11(15)14(8)18/h4-6,17H,3H2,1-2H3/p+1. The van der Waals surface area contributed by atoms with Crippen LogP contribution < -0.4 is 9.16 Å². The third-order valence-corrected chi connectivity index (χ3v) is 2.70. The number of nitrogens with zero attached hydrogens (tertiary/aromatic N) is 2. The fourth-order valence-corrected chi connectivity index (χ4v) is 1.80. The van der Waals surface area contributed by atoms with Crippen molar-refractivity contribution in [1.82, 2.24) is 4.73 Å². The lowest BCUT2D eigenvalue weighted by atomic mass is 10.2. The van der Waals surface area contributed by atoms with E-state index in [1.54, 1.807) is 6.92 Å². The number of aromatic nitrogens is 2. The second kappa shape index (κ2) is 5.08. The number of benzene rings is 1. The monoisotopic (exact) mass is 281 g/mol. The van der Waals surface area contributed by atoms with E-state index >= 15 is 0 Å². The van der Waals surface area contributed by atoms with Crippen LogP contribution in [0.2, 0.25) is 0 Å². The number of carbonyl (C=O) groups is 1. The topological polar surface area (TPSA) is 104 Å². The Morgan fingerprint density at radius 2 is 2.15 bits per heavy atom. The van der Waals surface area contributed by atoms with E-state index in [0.29, 0.717) is 17.1 Å². The number of aromatic hydroxyl groups is 1. The van der Waals surface area contributed by atoms with Gasteiger partial charge in [-0.1, -0.05) is 0 Å². The number of esters is 1. The summed E-state index contributed by atoms with van der Waals surface area (Å²) in [5, 5.41) is 19.7. The molecular formula is C12H13N2O6+. The summed E-state index contributed by atoms with van der Waals surface area (Å²) in [5.74, 6) is -1.58. The molecule has 1 aromatic heterocycles. The summed E-state index contributed by atoms with van der Waals surface area (Å²) in [7, 11) is 1.07. The van der Waals surface area contributed by atoms with Crippen LogP contribution in [0.1, 0.15) is 17.4 Å². The Labute approximate surface area is 113 Å². The smallest absolute Gasteiger partial charge is 0.456 e. The molecule has 0 amide bonds. The van der Waals surface area contributed by atoms with E-state index < -0.39 is 17.5 Å². The molecule has 0 saturated carbocycles. The van der Waals surface area contributed by atoms with Crippen LogP contribution in [-0.2, 0) is 4.74 Å². The Kier molecular flexibility index (Phi) is 3.47. The van der Waals surface area contributed by atoms with Gasteiger partial charge in [-0.15, -0.1) is 0 Å². The Balaban J connectivity index is 2.83. The molecule has 0 spiro atoms. The first kappa shape index (κ1) is 13.7. The van der Waals surface area contributed by atoms with Crippen LogP contribution >= 0.6 is 0 Å². The van der Waals surface area contributed by atoms with Gasteiger partial charge in [0, 0.05) is 17.0 Å². The summed E-state index contributed by atoms with van der Waals surface area (Å²) in [6.07, 6.45) is 0. The van der Waals surface area contributed by atoms with Crippen molar-refractivity contribution in [3.8, 4) is 11.6 Å². The molecule has 0 atom stereocenters. The van der Waals surface area contributed by atoms with Gasteiger partial charge in [0.2, 0.25) is 0 Å². The van der Waals surface area contributed by atoms with E-state index in [1.807, 2.05) is 0 Å². The number of ether oxygens (including phenoxy) is 2. The van der Waals surface area contributed by atoms with Gasteiger partial charge in [0.1, 0.15) is 10.2 Å². The molecule has 0 aliphatic carbocycles. The van der Waals surface area contributed by atoms with E-state index in [0.717, 1.165) is 7.11 Å². The molecule has 20 heavy (non-hydrogen) atoms. The number of hydrogen-bond donors (Lipinski definition) is 2. The van der Waals surface area contributed by atoms with E-state index in [-0.39, 0.29) is 15.5 Å². The van der Waals surface area contributed by atoms with Crippen molar-refractivity contribution in [1.29, 1.82) is 0 Å². The maximum atomic E-state index is 11.9. The molecule has 0 saturated heterocycles. The Bertz CT molecular complexity index is 737. The molecule has 0 fully saturated rings. The maximum Gasteiger partial charge on any atom is 0.456 e.